The van der Waals surface area contributed by atoms with Gasteiger partial charge in [-0.15, -0.1) is 10.2 Å². The molecule has 3 heterocycles. The van der Waals surface area contributed by atoms with Gasteiger partial charge in [-0.1, -0.05) is 18.2 Å². The molecule has 2 amide bonds. The molecule has 1 aliphatic heterocycles. The second-order valence-electron chi connectivity index (χ2n) is 6.59. The number of H-pyrrole nitrogens is 1. The number of carbonyl (C=O) groups excluding carboxylic acids is 1. The van der Waals surface area contributed by atoms with Crippen LogP contribution in [0.5, 0.6) is 0 Å². The Balaban J connectivity index is 1.32. The highest BCUT2D eigenvalue weighted by Crippen LogP contribution is 2.30. The summed E-state index contributed by atoms with van der Waals surface area (Å²) in [6.07, 6.45) is 7.24. The van der Waals surface area contributed by atoms with Gasteiger partial charge in [0, 0.05) is 36.8 Å². The average molecular weight is 366 g/mol. The van der Waals surface area contributed by atoms with Crippen molar-refractivity contribution in [3.63, 3.8) is 0 Å². The minimum atomic E-state index is -0.0660. The van der Waals surface area contributed by atoms with Crippen molar-refractivity contribution < 1.29 is 9.21 Å². The summed E-state index contributed by atoms with van der Waals surface area (Å²) in [5, 5.41) is 17.9. The number of piperidine rings is 1. The Hall–Kier alpha value is -3.16. The Morgan fingerprint density at radius 1 is 1.26 bits per heavy atom. The molecule has 140 valence electrons. The summed E-state index contributed by atoms with van der Waals surface area (Å²) in [7, 11) is 0. The van der Waals surface area contributed by atoms with E-state index in [2.05, 4.69) is 25.7 Å². The Kier molecular flexibility index (Phi) is 5.13. The maximum Gasteiger partial charge on any atom is 0.317 e. The van der Waals surface area contributed by atoms with E-state index in [1.165, 1.54) is 0 Å². The van der Waals surface area contributed by atoms with Crippen LogP contribution < -0.4 is 5.32 Å². The molecule has 0 spiro atoms. The van der Waals surface area contributed by atoms with Gasteiger partial charge in [-0.25, -0.2) is 4.79 Å². The van der Waals surface area contributed by atoms with Crippen LogP contribution in [0.2, 0.25) is 0 Å². The van der Waals surface area contributed by atoms with E-state index >= 15 is 0 Å². The van der Waals surface area contributed by atoms with E-state index in [0.29, 0.717) is 24.7 Å². The number of aromatic nitrogens is 4. The second-order valence-corrected chi connectivity index (χ2v) is 6.59. The molecule has 1 saturated heterocycles. The third-order valence-corrected chi connectivity index (χ3v) is 4.77. The van der Waals surface area contributed by atoms with Crippen LogP contribution in [-0.4, -0.2) is 44.4 Å². The van der Waals surface area contributed by atoms with Crippen LogP contribution in [0, 0.1) is 0 Å². The van der Waals surface area contributed by atoms with Crippen molar-refractivity contribution in [3.8, 4) is 11.5 Å². The molecule has 0 saturated carbocycles. The predicted molar refractivity (Wildman–Crippen MR) is 98.7 cm³/mol. The maximum absolute atomic E-state index is 12.6. The first kappa shape index (κ1) is 17.3. The summed E-state index contributed by atoms with van der Waals surface area (Å²) in [6, 6.07) is 9.64. The summed E-state index contributed by atoms with van der Waals surface area (Å²) in [4.78, 5) is 14.5. The fraction of sp³-hybridized carbons (Fsp3) is 0.368. The number of hydrogen-bond donors (Lipinski definition) is 2. The Bertz CT molecular complexity index is 861. The number of likely N-dealkylation sites (tertiary alicyclic amines) is 1. The number of urea groups is 1. The zero-order chi connectivity index (χ0) is 18.5. The third kappa shape index (κ3) is 3.99. The topological polar surface area (TPSA) is 99.9 Å². The number of carbonyl (C=O) groups is 1. The molecule has 3 aromatic rings. The Labute approximate surface area is 157 Å². The highest BCUT2D eigenvalue weighted by Gasteiger charge is 2.28. The molecule has 0 aliphatic carbocycles. The van der Waals surface area contributed by atoms with Crippen LogP contribution in [0.25, 0.3) is 11.5 Å². The monoisotopic (exact) mass is 366 g/mol. The van der Waals surface area contributed by atoms with Gasteiger partial charge in [-0.3, -0.25) is 5.10 Å². The standard InChI is InChI=1S/C19H22N6O2/c26-19(25-11-5-4-8-16(25)15-12-21-22-13-15)20-10-9-17-23-24-18(27-17)14-6-2-1-3-7-14/h1-3,6-7,12-13,16H,4-5,8-11H2,(H,20,26)(H,21,22). The number of nitrogens with one attached hydrogen (secondary N) is 2. The highest BCUT2D eigenvalue weighted by molar-refractivity contribution is 5.74. The number of nitrogens with zero attached hydrogens (tertiary/aromatic N) is 4. The van der Waals surface area contributed by atoms with Gasteiger partial charge in [0.1, 0.15) is 0 Å². The van der Waals surface area contributed by atoms with Gasteiger partial charge in [0.15, 0.2) is 0 Å². The molecule has 4 rings (SSSR count). The van der Waals surface area contributed by atoms with E-state index in [9.17, 15) is 4.79 Å². The van der Waals surface area contributed by atoms with Crippen LogP contribution in [0.3, 0.4) is 0 Å². The Morgan fingerprint density at radius 2 is 2.15 bits per heavy atom. The number of rotatable bonds is 5. The van der Waals surface area contributed by atoms with E-state index < -0.39 is 0 Å². The van der Waals surface area contributed by atoms with Crippen molar-refractivity contribution in [2.75, 3.05) is 13.1 Å². The van der Waals surface area contributed by atoms with Crippen LogP contribution in [0.1, 0.15) is 36.8 Å². The lowest BCUT2D eigenvalue weighted by Gasteiger charge is -2.35. The molecular formula is C19H22N6O2. The molecule has 0 radical (unpaired) electrons. The largest absolute Gasteiger partial charge is 0.421 e. The minimum absolute atomic E-state index is 0.0660. The fourth-order valence-corrected chi connectivity index (χ4v) is 3.39. The molecule has 2 aromatic heterocycles. The average Bonchev–Trinajstić information content (AvgIpc) is 3.41. The molecular weight excluding hydrogens is 344 g/mol. The second kappa shape index (κ2) is 8.03. The van der Waals surface area contributed by atoms with Crippen LogP contribution >= 0.6 is 0 Å². The zero-order valence-electron chi connectivity index (χ0n) is 15.0. The van der Waals surface area contributed by atoms with Gasteiger partial charge < -0.3 is 14.6 Å². The molecule has 8 heteroatoms. The number of benzene rings is 1. The van der Waals surface area contributed by atoms with E-state index in [-0.39, 0.29) is 12.1 Å². The van der Waals surface area contributed by atoms with Crippen molar-refractivity contribution in [2.24, 2.45) is 0 Å². The van der Waals surface area contributed by atoms with Gasteiger partial charge in [0.25, 0.3) is 0 Å². The van der Waals surface area contributed by atoms with Crippen molar-refractivity contribution in [1.82, 2.24) is 30.6 Å². The van der Waals surface area contributed by atoms with E-state index in [0.717, 1.165) is 36.9 Å². The summed E-state index contributed by atoms with van der Waals surface area (Å²) in [5.41, 5.74) is 1.94. The minimum Gasteiger partial charge on any atom is -0.421 e. The molecule has 8 nitrogen and oxygen atoms in total. The Morgan fingerprint density at radius 3 is 2.96 bits per heavy atom. The fourth-order valence-electron chi connectivity index (χ4n) is 3.39. The quantitative estimate of drug-likeness (QED) is 0.723. The van der Waals surface area contributed by atoms with Gasteiger partial charge in [-0.05, 0) is 31.4 Å². The molecule has 1 aromatic carbocycles. The van der Waals surface area contributed by atoms with Gasteiger partial charge >= 0.3 is 6.03 Å². The third-order valence-electron chi connectivity index (χ3n) is 4.77. The lowest BCUT2D eigenvalue weighted by atomic mass is 9.98. The smallest absolute Gasteiger partial charge is 0.317 e. The number of hydrogen-bond acceptors (Lipinski definition) is 5. The SMILES string of the molecule is O=C(NCCc1nnc(-c2ccccc2)o1)N1CCCCC1c1cn[nH]c1. The summed E-state index contributed by atoms with van der Waals surface area (Å²) in [5.74, 6) is 1.01. The summed E-state index contributed by atoms with van der Waals surface area (Å²) < 4.78 is 5.68. The van der Waals surface area contributed by atoms with Crippen LogP contribution in [0.4, 0.5) is 4.79 Å². The maximum atomic E-state index is 12.6. The molecule has 1 fully saturated rings. The zero-order valence-corrected chi connectivity index (χ0v) is 15.0. The predicted octanol–water partition coefficient (Wildman–Crippen LogP) is 2.94. The number of aromatic amines is 1. The van der Waals surface area contributed by atoms with E-state index in [1.807, 2.05) is 41.4 Å². The van der Waals surface area contributed by atoms with Crippen LogP contribution in [-0.2, 0) is 6.42 Å². The van der Waals surface area contributed by atoms with E-state index in [4.69, 9.17) is 4.42 Å². The van der Waals surface area contributed by atoms with E-state index in [1.54, 1.807) is 6.20 Å². The van der Waals surface area contributed by atoms with Crippen molar-refractivity contribution in [3.05, 3.63) is 54.2 Å². The first-order valence-corrected chi connectivity index (χ1v) is 9.22. The van der Waals surface area contributed by atoms with Gasteiger partial charge in [-0.2, -0.15) is 5.10 Å². The molecule has 1 unspecified atom stereocenters. The van der Waals surface area contributed by atoms with Crippen molar-refractivity contribution in [1.29, 1.82) is 0 Å². The first-order valence-electron chi connectivity index (χ1n) is 9.22. The molecule has 1 atom stereocenters. The molecule has 1 aliphatic rings. The summed E-state index contributed by atoms with van der Waals surface area (Å²) in [6.45, 7) is 1.20. The molecule has 0 bridgehead atoms. The molecule has 2 N–H and O–H groups in total. The van der Waals surface area contributed by atoms with Gasteiger partial charge in [0.05, 0.1) is 12.2 Å². The first-order chi connectivity index (χ1) is 13.3. The number of amides is 2. The summed E-state index contributed by atoms with van der Waals surface area (Å²) >= 11 is 0. The lowest BCUT2D eigenvalue weighted by molar-refractivity contribution is 0.151. The van der Waals surface area contributed by atoms with Crippen molar-refractivity contribution >= 4 is 6.03 Å². The lowest BCUT2D eigenvalue weighted by Crippen LogP contribution is -2.45. The molecule has 27 heavy (non-hydrogen) atoms. The van der Waals surface area contributed by atoms with Gasteiger partial charge in [0.2, 0.25) is 11.8 Å². The normalized spacial score (nSPS) is 17.0. The van der Waals surface area contributed by atoms with Crippen molar-refractivity contribution in [2.45, 2.75) is 31.7 Å². The van der Waals surface area contributed by atoms with Crippen LogP contribution in [0.15, 0.2) is 47.1 Å². The highest BCUT2D eigenvalue weighted by atomic mass is 16.4.